The fourth-order valence-corrected chi connectivity index (χ4v) is 1.51. The van der Waals surface area contributed by atoms with Crippen LogP contribution in [0.1, 0.15) is 6.92 Å². The minimum absolute atomic E-state index is 0.125. The molecule has 4 heteroatoms. The summed E-state index contributed by atoms with van der Waals surface area (Å²) in [7, 11) is 0. The van der Waals surface area contributed by atoms with Crippen LogP contribution in [0, 0.1) is 0 Å². The molecule has 2 rings (SSSR count). The van der Waals surface area contributed by atoms with Gasteiger partial charge in [0, 0.05) is 6.92 Å². The zero-order valence-corrected chi connectivity index (χ0v) is 8.19. The molecule has 0 unspecified atom stereocenters. The molecule has 0 aliphatic carbocycles. The second-order valence-electron chi connectivity index (χ2n) is 3.54. The minimum Gasteiger partial charge on any atom is -0.489 e. The zero-order valence-electron chi connectivity index (χ0n) is 8.19. The van der Waals surface area contributed by atoms with Gasteiger partial charge in [-0.05, 0) is 18.4 Å². The third kappa shape index (κ3) is 1.89. The second kappa shape index (κ2) is 3.74. The third-order valence-corrected chi connectivity index (χ3v) is 2.38. The Hall–Kier alpha value is -1.45. The summed E-state index contributed by atoms with van der Waals surface area (Å²) in [6.45, 7) is 3.76. The lowest BCUT2D eigenvalue weighted by Gasteiger charge is -2.39. The Labute approximate surface area is 83.2 Å². The predicted octanol–water partition coefficient (Wildman–Crippen LogP) is 0.234. The Balaban J connectivity index is 1.76. The molecule has 0 aromatic heterocycles. The van der Waals surface area contributed by atoms with Crippen molar-refractivity contribution < 1.29 is 9.53 Å². The van der Waals surface area contributed by atoms with Gasteiger partial charge in [0.1, 0.15) is 11.9 Å². The molecule has 2 aliphatic rings. The van der Waals surface area contributed by atoms with E-state index in [0.717, 1.165) is 25.4 Å². The number of amides is 1. The van der Waals surface area contributed by atoms with Gasteiger partial charge in [-0.25, -0.2) is 0 Å². The van der Waals surface area contributed by atoms with E-state index in [1.54, 1.807) is 11.8 Å². The van der Waals surface area contributed by atoms with E-state index in [0.29, 0.717) is 0 Å². The average Bonchev–Trinajstić information content (AvgIpc) is 2.12. The first kappa shape index (κ1) is 9.12. The standard InChI is InChI=1S/C10H14N2O2/c1-8(13)12-6-10(7-12)14-9-3-2-4-11-5-9/h2-4,10-11H,5-7H2,1H3. The number of nitrogens with zero attached hydrogens (tertiary/aromatic N) is 1. The monoisotopic (exact) mass is 194 g/mol. The normalized spacial score (nSPS) is 20.9. The molecular weight excluding hydrogens is 180 g/mol. The number of ether oxygens (including phenoxy) is 1. The first-order valence-corrected chi connectivity index (χ1v) is 4.77. The van der Waals surface area contributed by atoms with E-state index in [2.05, 4.69) is 5.32 Å². The van der Waals surface area contributed by atoms with Crippen molar-refractivity contribution in [3.63, 3.8) is 0 Å². The van der Waals surface area contributed by atoms with E-state index in [9.17, 15) is 4.79 Å². The van der Waals surface area contributed by atoms with Crippen molar-refractivity contribution in [1.29, 1.82) is 0 Å². The van der Waals surface area contributed by atoms with E-state index < -0.39 is 0 Å². The molecule has 0 aromatic rings. The Bertz CT molecular complexity index is 290. The van der Waals surface area contributed by atoms with Crippen LogP contribution in [-0.2, 0) is 9.53 Å². The first-order chi connectivity index (χ1) is 6.75. The Morgan fingerprint density at radius 3 is 3.00 bits per heavy atom. The first-order valence-electron chi connectivity index (χ1n) is 4.77. The van der Waals surface area contributed by atoms with Crippen molar-refractivity contribution in [2.45, 2.75) is 13.0 Å². The lowest BCUT2D eigenvalue weighted by atomic mass is 10.1. The molecule has 0 radical (unpaired) electrons. The van der Waals surface area contributed by atoms with Gasteiger partial charge in [-0.1, -0.05) is 0 Å². The van der Waals surface area contributed by atoms with E-state index in [-0.39, 0.29) is 12.0 Å². The van der Waals surface area contributed by atoms with Gasteiger partial charge in [-0.3, -0.25) is 4.79 Å². The average molecular weight is 194 g/mol. The molecule has 0 atom stereocenters. The predicted molar refractivity (Wildman–Crippen MR) is 52.4 cm³/mol. The SMILES string of the molecule is CC(=O)N1CC(OC2=CC=CNC2)C1. The summed E-state index contributed by atoms with van der Waals surface area (Å²) < 4.78 is 5.66. The van der Waals surface area contributed by atoms with Crippen molar-refractivity contribution >= 4 is 5.91 Å². The van der Waals surface area contributed by atoms with Crippen molar-refractivity contribution in [3.8, 4) is 0 Å². The Morgan fingerprint density at radius 2 is 2.43 bits per heavy atom. The van der Waals surface area contributed by atoms with Crippen molar-refractivity contribution in [2.24, 2.45) is 0 Å². The number of allylic oxidation sites excluding steroid dienone is 2. The van der Waals surface area contributed by atoms with E-state index in [1.807, 2.05) is 18.4 Å². The highest BCUT2D eigenvalue weighted by Crippen LogP contribution is 2.15. The summed E-state index contributed by atoms with van der Waals surface area (Å²) in [6.07, 6.45) is 5.93. The summed E-state index contributed by atoms with van der Waals surface area (Å²) in [5.41, 5.74) is 0. The number of carbonyl (C=O) groups excluding carboxylic acids is 1. The summed E-state index contributed by atoms with van der Waals surface area (Å²) in [6, 6.07) is 0. The van der Waals surface area contributed by atoms with Crippen molar-refractivity contribution in [2.75, 3.05) is 19.6 Å². The smallest absolute Gasteiger partial charge is 0.219 e. The maximum Gasteiger partial charge on any atom is 0.219 e. The van der Waals surface area contributed by atoms with Gasteiger partial charge in [0.15, 0.2) is 0 Å². The number of rotatable bonds is 2. The molecule has 4 nitrogen and oxygen atoms in total. The number of carbonyl (C=O) groups is 1. The quantitative estimate of drug-likeness (QED) is 0.684. The topological polar surface area (TPSA) is 41.6 Å². The molecule has 1 N–H and O–H groups in total. The number of dihydropyridines is 1. The number of likely N-dealkylation sites (tertiary alicyclic amines) is 1. The van der Waals surface area contributed by atoms with Crippen LogP contribution in [0.25, 0.3) is 0 Å². The van der Waals surface area contributed by atoms with Gasteiger partial charge in [-0.15, -0.1) is 0 Å². The maximum atomic E-state index is 10.9. The van der Waals surface area contributed by atoms with Crippen molar-refractivity contribution in [1.82, 2.24) is 10.2 Å². The molecule has 1 saturated heterocycles. The molecule has 14 heavy (non-hydrogen) atoms. The zero-order chi connectivity index (χ0) is 9.97. The number of hydrogen-bond acceptors (Lipinski definition) is 3. The fourth-order valence-electron chi connectivity index (χ4n) is 1.51. The molecule has 0 aromatic carbocycles. The fraction of sp³-hybridized carbons (Fsp3) is 0.500. The van der Waals surface area contributed by atoms with Crippen LogP contribution in [0.3, 0.4) is 0 Å². The molecule has 0 bridgehead atoms. The Morgan fingerprint density at radius 1 is 1.64 bits per heavy atom. The van der Waals surface area contributed by atoms with Crippen LogP contribution in [0.2, 0.25) is 0 Å². The molecule has 1 fully saturated rings. The van der Waals surface area contributed by atoms with Crippen LogP contribution < -0.4 is 5.32 Å². The van der Waals surface area contributed by atoms with Crippen LogP contribution in [0.4, 0.5) is 0 Å². The highest BCUT2D eigenvalue weighted by molar-refractivity contribution is 5.74. The summed E-state index contributed by atoms with van der Waals surface area (Å²) in [4.78, 5) is 12.7. The summed E-state index contributed by atoms with van der Waals surface area (Å²) >= 11 is 0. The lowest BCUT2D eigenvalue weighted by molar-refractivity contribution is -0.139. The minimum atomic E-state index is 0.125. The van der Waals surface area contributed by atoms with Gasteiger partial charge >= 0.3 is 0 Å². The van der Waals surface area contributed by atoms with Gasteiger partial charge in [0.05, 0.1) is 19.6 Å². The van der Waals surface area contributed by atoms with Crippen LogP contribution >= 0.6 is 0 Å². The summed E-state index contributed by atoms with van der Waals surface area (Å²) in [5, 5.41) is 3.07. The highest BCUT2D eigenvalue weighted by atomic mass is 16.5. The highest BCUT2D eigenvalue weighted by Gasteiger charge is 2.30. The molecule has 0 spiro atoms. The summed E-state index contributed by atoms with van der Waals surface area (Å²) in [5.74, 6) is 1.07. The molecule has 76 valence electrons. The van der Waals surface area contributed by atoms with Gasteiger partial charge in [-0.2, -0.15) is 0 Å². The van der Waals surface area contributed by atoms with E-state index in [1.165, 1.54) is 0 Å². The van der Waals surface area contributed by atoms with Crippen LogP contribution in [-0.4, -0.2) is 36.5 Å². The van der Waals surface area contributed by atoms with E-state index >= 15 is 0 Å². The molecular formula is C10H14N2O2. The molecule has 2 heterocycles. The molecule has 1 amide bonds. The third-order valence-electron chi connectivity index (χ3n) is 2.38. The largest absolute Gasteiger partial charge is 0.489 e. The van der Waals surface area contributed by atoms with Crippen LogP contribution in [0.15, 0.2) is 24.1 Å². The second-order valence-corrected chi connectivity index (χ2v) is 3.54. The van der Waals surface area contributed by atoms with Gasteiger partial charge < -0.3 is 15.0 Å². The van der Waals surface area contributed by atoms with E-state index in [4.69, 9.17) is 4.74 Å². The maximum absolute atomic E-state index is 10.9. The molecule has 2 aliphatic heterocycles. The van der Waals surface area contributed by atoms with Crippen LogP contribution in [0.5, 0.6) is 0 Å². The van der Waals surface area contributed by atoms with Crippen molar-refractivity contribution in [3.05, 3.63) is 24.1 Å². The van der Waals surface area contributed by atoms with Gasteiger partial charge in [0.2, 0.25) is 5.91 Å². The number of hydrogen-bond donors (Lipinski definition) is 1. The van der Waals surface area contributed by atoms with Gasteiger partial charge in [0.25, 0.3) is 0 Å². The number of nitrogens with one attached hydrogen (secondary N) is 1. The molecule has 0 saturated carbocycles. The lowest BCUT2D eigenvalue weighted by Crippen LogP contribution is -2.54. The Kier molecular flexibility index (Phi) is 2.43.